The van der Waals surface area contributed by atoms with Crippen molar-refractivity contribution in [3.63, 3.8) is 0 Å². The molecule has 0 saturated heterocycles. The molecule has 5 nitrogen and oxygen atoms in total. The highest BCUT2D eigenvalue weighted by molar-refractivity contribution is 7.22. The fourth-order valence-electron chi connectivity index (χ4n) is 2.15. The SMILES string of the molecule is COc1ccc2nc(Nc3nc(-c4cccnc4)cs3)sc2c1. The number of pyridine rings is 1. The Morgan fingerprint density at radius 1 is 1.13 bits per heavy atom. The highest BCUT2D eigenvalue weighted by atomic mass is 32.1. The molecule has 4 aromatic rings. The van der Waals surface area contributed by atoms with Crippen molar-refractivity contribution in [3.05, 3.63) is 48.1 Å². The van der Waals surface area contributed by atoms with Gasteiger partial charge in [-0.05, 0) is 30.3 Å². The molecule has 4 rings (SSSR count). The van der Waals surface area contributed by atoms with Crippen LogP contribution in [0.1, 0.15) is 0 Å². The molecule has 7 heteroatoms. The van der Waals surface area contributed by atoms with Crippen LogP contribution in [0.4, 0.5) is 10.3 Å². The predicted octanol–water partition coefficient (Wildman–Crippen LogP) is 4.57. The number of ether oxygens (including phenoxy) is 1. The number of nitrogens with zero attached hydrogens (tertiary/aromatic N) is 3. The molecule has 114 valence electrons. The van der Waals surface area contributed by atoms with Crippen LogP contribution in [0.3, 0.4) is 0 Å². The van der Waals surface area contributed by atoms with Crippen molar-refractivity contribution in [2.75, 3.05) is 12.4 Å². The van der Waals surface area contributed by atoms with Crippen LogP contribution in [0.5, 0.6) is 5.75 Å². The first-order valence-electron chi connectivity index (χ1n) is 6.89. The van der Waals surface area contributed by atoms with Crippen molar-refractivity contribution in [1.29, 1.82) is 0 Å². The number of rotatable bonds is 4. The Kier molecular flexibility index (Phi) is 3.64. The number of benzene rings is 1. The standard InChI is InChI=1S/C16H12N4OS2/c1-21-11-4-5-12-14(7-11)23-16(18-12)20-15-19-13(9-22-15)10-3-2-6-17-8-10/h2-9H,1H3,(H,18,19,20). The second-order valence-electron chi connectivity index (χ2n) is 4.76. The van der Waals surface area contributed by atoms with Gasteiger partial charge >= 0.3 is 0 Å². The second-order valence-corrected chi connectivity index (χ2v) is 6.65. The number of methoxy groups -OCH3 is 1. The molecule has 0 aliphatic rings. The van der Waals surface area contributed by atoms with E-state index >= 15 is 0 Å². The Morgan fingerprint density at radius 2 is 2.09 bits per heavy atom. The maximum absolute atomic E-state index is 5.24. The zero-order valence-corrected chi connectivity index (χ0v) is 13.8. The molecule has 3 aromatic heterocycles. The summed E-state index contributed by atoms with van der Waals surface area (Å²) in [4.78, 5) is 13.3. The normalized spacial score (nSPS) is 10.8. The molecule has 1 aromatic carbocycles. The van der Waals surface area contributed by atoms with Crippen LogP contribution in [0.25, 0.3) is 21.5 Å². The third kappa shape index (κ3) is 2.88. The average Bonchev–Trinajstić information content (AvgIpc) is 3.21. The Hall–Kier alpha value is -2.51. The number of thiazole rings is 2. The van der Waals surface area contributed by atoms with E-state index in [1.165, 1.54) is 0 Å². The van der Waals surface area contributed by atoms with Crippen molar-refractivity contribution in [2.24, 2.45) is 0 Å². The molecule has 0 amide bonds. The number of aromatic nitrogens is 3. The van der Waals surface area contributed by atoms with Gasteiger partial charge in [-0.2, -0.15) is 0 Å². The minimum atomic E-state index is 0.815. The van der Waals surface area contributed by atoms with Crippen LogP contribution in [0.2, 0.25) is 0 Å². The second kappa shape index (κ2) is 5.94. The quantitative estimate of drug-likeness (QED) is 0.590. The summed E-state index contributed by atoms with van der Waals surface area (Å²) in [6, 6.07) is 9.76. The third-order valence-electron chi connectivity index (χ3n) is 3.27. The number of anilines is 2. The lowest BCUT2D eigenvalue weighted by Crippen LogP contribution is -1.88. The van der Waals surface area contributed by atoms with Gasteiger partial charge in [-0.15, -0.1) is 11.3 Å². The van der Waals surface area contributed by atoms with Gasteiger partial charge in [-0.3, -0.25) is 4.98 Å². The summed E-state index contributed by atoms with van der Waals surface area (Å²) in [6.07, 6.45) is 3.56. The van der Waals surface area contributed by atoms with Crippen LogP contribution in [0, 0.1) is 0 Å². The number of hydrogen-bond acceptors (Lipinski definition) is 7. The lowest BCUT2D eigenvalue weighted by atomic mass is 10.2. The van der Waals surface area contributed by atoms with E-state index in [1.807, 2.05) is 41.9 Å². The molecule has 0 radical (unpaired) electrons. The summed E-state index contributed by atoms with van der Waals surface area (Å²) in [5.74, 6) is 0.834. The summed E-state index contributed by atoms with van der Waals surface area (Å²) in [5, 5.41) is 6.92. The van der Waals surface area contributed by atoms with E-state index in [4.69, 9.17) is 4.74 Å². The summed E-state index contributed by atoms with van der Waals surface area (Å²) in [7, 11) is 1.66. The molecular weight excluding hydrogens is 328 g/mol. The third-order valence-corrected chi connectivity index (χ3v) is 4.96. The Labute approximate surface area is 140 Å². The maximum Gasteiger partial charge on any atom is 0.190 e. The molecule has 0 spiro atoms. The zero-order valence-electron chi connectivity index (χ0n) is 12.2. The van der Waals surface area contributed by atoms with Gasteiger partial charge in [-0.25, -0.2) is 9.97 Å². The Balaban J connectivity index is 1.60. The van der Waals surface area contributed by atoms with Gasteiger partial charge in [0.2, 0.25) is 0 Å². The monoisotopic (exact) mass is 340 g/mol. The average molecular weight is 340 g/mol. The first kappa shape index (κ1) is 14.1. The molecule has 0 aliphatic heterocycles. The van der Waals surface area contributed by atoms with E-state index in [9.17, 15) is 0 Å². The Bertz CT molecular complexity index is 949. The fraction of sp³-hybridized carbons (Fsp3) is 0.0625. The van der Waals surface area contributed by atoms with E-state index in [-0.39, 0.29) is 0 Å². The molecular formula is C16H12N4OS2. The summed E-state index contributed by atoms with van der Waals surface area (Å²) in [6.45, 7) is 0. The van der Waals surface area contributed by atoms with Crippen molar-refractivity contribution >= 4 is 43.2 Å². The molecule has 0 aliphatic carbocycles. The molecule has 0 atom stereocenters. The lowest BCUT2D eigenvalue weighted by molar-refractivity contribution is 0.415. The molecule has 0 saturated carbocycles. The van der Waals surface area contributed by atoms with Gasteiger partial charge in [0.1, 0.15) is 5.75 Å². The van der Waals surface area contributed by atoms with Crippen molar-refractivity contribution in [3.8, 4) is 17.0 Å². The number of hydrogen-bond donors (Lipinski definition) is 1. The Morgan fingerprint density at radius 3 is 2.91 bits per heavy atom. The van der Waals surface area contributed by atoms with Crippen LogP contribution in [-0.2, 0) is 0 Å². The molecule has 23 heavy (non-hydrogen) atoms. The molecule has 0 unspecified atom stereocenters. The first-order valence-corrected chi connectivity index (χ1v) is 8.59. The van der Waals surface area contributed by atoms with E-state index in [0.29, 0.717) is 0 Å². The molecule has 0 fully saturated rings. The minimum Gasteiger partial charge on any atom is -0.497 e. The van der Waals surface area contributed by atoms with Gasteiger partial charge in [0.15, 0.2) is 10.3 Å². The minimum absolute atomic E-state index is 0.815. The molecule has 1 N–H and O–H groups in total. The maximum atomic E-state index is 5.24. The fourth-order valence-corrected chi connectivity index (χ4v) is 3.83. The van der Waals surface area contributed by atoms with Crippen molar-refractivity contribution < 1.29 is 4.74 Å². The summed E-state index contributed by atoms with van der Waals surface area (Å²) >= 11 is 3.13. The smallest absolute Gasteiger partial charge is 0.190 e. The van der Waals surface area contributed by atoms with Gasteiger partial charge in [0.25, 0.3) is 0 Å². The van der Waals surface area contributed by atoms with E-state index in [1.54, 1.807) is 36.0 Å². The van der Waals surface area contributed by atoms with Crippen LogP contribution < -0.4 is 10.1 Å². The largest absolute Gasteiger partial charge is 0.497 e. The van der Waals surface area contributed by atoms with Crippen LogP contribution in [0.15, 0.2) is 48.1 Å². The number of nitrogens with one attached hydrogen (secondary N) is 1. The van der Waals surface area contributed by atoms with E-state index in [0.717, 1.165) is 37.5 Å². The van der Waals surface area contributed by atoms with Crippen molar-refractivity contribution in [2.45, 2.75) is 0 Å². The van der Waals surface area contributed by atoms with E-state index in [2.05, 4.69) is 20.3 Å². The predicted molar refractivity (Wildman–Crippen MR) is 94.8 cm³/mol. The van der Waals surface area contributed by atoms with Gasteiger partial charge in [0.05, 0.1) is 23.0 Å². The lowest BCUT2D eigenvalue weighted by Gasteiger charge is -1.96. The van der Waals surface area contributed by atoms with Crippen LogP contribution >= 0.6 is 22.7 Å². The molecule has 0 bridgehead atoms. The first-order chi connectivity index (χ1) is 11.3. The van der Waals surface area contributed by atoms with E-state index < -0.39 is 0 Å². The zero-order chi connectivity index (χ0) is 15.6. The topological polar surface area (TPSA) is 59.9 Å². The number of fused-ring (bicyclic) bond motifs is 1. The van der Waals surface area contributed by atoms with Crippen LogP contribution in [-0.4, -0.2) is 22.1 Å². The summed E-state index contributed by atoms with van der Waals surface area (Å²) in [5.41, 5.74) is 2.86. The highest BCUT2D eigenvalue weighted by Crippen LogP contribution is 2.32. The van der Waals surface area contributed by atoms with Gasteiger partial charge < -0.3 is 10.1 Å². The van der Waals surface area contributed by atoms with Gasteiger partial charge in [0, 0.05) is 23.3 Å². The molecule has 3 heterocycles. The summed E-state index contributed by atoms with van der Waals surface area (Å²) < 4.78 is 6.32. The van der Waals surface area contributed by atoms with Crippen molar-refractivity contribution in [1.82, 2.24) is 15.0 Å². The van der Waals surface area contributed by atoms with Gasteiger partial charge in [-0.1, -0.05) is 11.3 Å². The highest BCUT2D eigenvalue weighted by Gasteiger charge is 2.09.